The Kier molecular flexibility index (Phi) is 4.20. The first kappa shape index (κ1) is 11.3. The number of nitrogen functional groups attached to an aromatic ring is 1. The van der Waals surface area contributed by atoms with Crippen LogP contribution < -0.4 is 5.73 Å². The van der Waals surface area contributed by atoms with Gasteiger partial charge in [-0.2, -0.15) is 0 Å². The minimum absolute atomic E-state index is 0.621. The average molecular weight is 211 g/mol. The summed E-state index contributed by atoms with van der Waals surface area (Å²) in [5, 5.41) is 1.04. The van der Waals surface area contributed by atoms with Crippen molar-refractivity contribution in [1.29, 1.82) is 0 Å². The largest absolute Gasteiger partial charge is 0.383 e. The van der Waals surface area contributed by atoms with Crippen LogP contribution in [0.4, 0.5) is 5.82 Å². The summed E-state index contributed by atoms with van der Waals surface area (Å²) in [6, 6.07) is 0. The molecule has 0 amide bonds. The van der Waals surface area contributed by atoms with Crippen molar-refractivity contribution in [3.63, 3.8) is 0 Å². The number of hydrogen-bond acceptors (Lipinski definition) is 4. The molecule has 0 saturated heterocycles. The van der Waals surface area contributed by atoms with Crippen molar-refractivity contribution in [3.8, 4) is 0 Å². The van der Waals surface area contributed by atoms with E-state index in [9.17, 15) is 0 Å². The Balaban J connectivity index is 2.95. The van der Waals surface area contributed by atoms with Crippen molar-refractivity contribution >= 4 is 17.6 Å². The Morgan fingerprint density at radius 1 is 1.29 bits per heavy atom. The summed E-state index contributed by atoms with van der Waals surface area (Å²) in [7, 11) is 0. The number of anilines is 1. The molecule has 0 radical (unpaired) electrons. The predicted octanol–water partition coefficient (Wildman–Crippen LogP) is 2.43. The maximum atomic E-state index is 5.80. The van der Waals surface area contributed by atoms with Crippen LogP contribution in [0.25, 0.3) is 0 Å². The molecule has 0 aromatic carbocycles. The van der Waals surface area contributed by atoms with E-state index in [4.69, 9.17) is 5.73 Å². The molecule has 0 fully saturated rings. The van der Waals surface area contributed by atoms with E-state index >= 15 is 0 Å². The normalized spacial score (nSPS) is 10.5. The second-order valence-corrected chi connectivity index (χ2v) is 4.24. The van der Waals surface area contributed by atoms with Crippen molar-refractivity contribution in [3.05, 3.63) is 11.4 Å². The predicted molar refractivity (Wildman–Crippen MR) is 61.6 cm³/mol. The number of nitrogens with two attached hydrogens (primary N) is 1. The molecule has 0 aliphatic carbocycles. The van der Waals surface area contributed by atoms with Gasteiger partial charge in [0.15, 0.2) is 0 Å². The molecule has 0 saturated carbocycles. The first-order valence-electron chi connectivity index (χ1n) is 4.94. The van der Waals surface area contributed by atoms with Gasteiger partial charge in [0.05, 0.1) is 0 Å². The van der Waals surface area contributed by atoms with E-state index in [0.717, 1.165) is 35.0 Å². The van der Waals surface area contributed by atoms with Gasteiger partial charge in [0.2, 0.25) is 0 Å². The quantitative estimate of drug-likeness (QED) is 0.614. The lowest BCUT2D eigenvalue weighted by atomic mass is 10.3. The van der Waals surface area contributed by atoms with Crippen molar-refractivity contribution in [1.82, 2.24) is 9.97 Å². The Morgan fingerprint density at radius 3 is 2.57 bits per heavy atom. The van der Waals surface area contributed by atoms with Gasteiger partial charge in [0.1, 0.15) is 16.7 Å². The lowest BCUT2D eigenvalue weighted by Crippen LogP contribution is -2.03. The maximum Gasteiger partial charge on any atom is 0.131 e. The van der Waals surface area contributed by atoms with Gasteiger partial charge < -0.3 is 5.73 Å². The summed E-state index contributed by atoms with van der Waals surface area (Å²) in [6.07, 6.45) is 1.99. The minimum atomic E-state index is 0.621. The molecule has 0 atom stereocenters. The summed E-state index contributed by atoms with van der Waals surface area (Å²) in [6.45, 7) is 6.18. The lowest BCUT2D eigenvalue weighted by Gasteiger charge is -2.07. The summed E-state index contributed by atoms with van der Waals surface area (Å²) >= 11 is 1.76. The van der Waals surface area contributed by atoms with E-state index < -0.39 is 0 Å². The van der Waals surface area contributed by atoms with Crippen molar-refractivity contribution in [2.24, 2.45) is 0 Å². The molecule has 2 N–H and O–H groups in total. The third kappa shape index (κ3) is 2.61. The molecule has 0 unspecified atom stereocenters. The van der Waals surface area contributed by atoms with Gasteiger partial charge in [-0.1, -0.05) is 13.8 Å². The van der Waals surface area contributed by atoms with E-state index in [-0.39, 0.29) is 0 Å². The highest BCUT2D eigenvalue weighted by atomic mass is 32.2. The first-order valence-corrected chi connectivity index (χ1v) is 5.93. The molecule has 0 bridgehead atoms. The van der Waals surface area contributed by atoms with Gasteiger partial charge in [0, 0.05) is 12.0 Å². The Labute approximate surface area is 89.5 Å². The molecule has 4 heteroatoms. The SMILES string of the molecule is CCCSc1nc(CC)nc(N)c1C. The standard InChI is InChI=1S/C10H17N3S/c1-4-6-14-10-7(3)9(11)12-8(5-2)13-10/h4-6H2,1-3H3,(H2,11,12,13). The molecular weight excluding hydrogens is 194 g/mol. The van der Waals surface area contributed by atoms with Crippen molar-refractivity contribution < 1.29 is 0 Å². The number of aromatic nitrogens is 2. The smallest absolute Gasteiger partial charge is 0.131 e. The molecule has 1 heterocycles. The molecule has 0 spiro atoms. The lowest BCUT2D eigenvalue weighted by molar-refractivity contribution is 0.877. The average Bonchev–Trinajstić information content (AvgIpc) is 2.20. The van der Waals surface area contributed by atoms with Gasteiger partial charge in [-0.15, -0.1) is 11.8 Å². The second kappa shape index (κ2) is 5.20. The van der Waals surface area contributed by atoms with Gasteiger partial charge in [-0.05, 0) is 19.1 Å². The fourth-order valence-corrected chi connectivity index (χ4v) is 1.94. The third-order valence-electron chi connectivity index (χ3n) is 1.94. The van der Waals surface area contributed by atoms with Gasteiger partial charge >= 0.3 is 0 Å². The van der Waals surface area contributed by atoms with Crippen molar-refractivity contribution in [2.45, 2.75) is 38.6 Å². The maximum absolute atomic E-state index is 5.80. The Bertz CT molecular complexity index is 312. The second-order valence-electron chi connectivity index (χ2n) is 3.16. The van der Waals surface area contributed by atoms with E-state index in [1.807, 2.05) is 13.8 Å². The molecular formula is C10H17N3S. The van der Waals surface area contributed by atoms with E-state index in [1.54, 1.807) is 11.8 Å². The van der Waals surface area contributed by atoms with Crippen LogP contribution in [0.1, 0.15) is 31.7 Å². The molecule has 78 valence electrons. The highest BCUT2D eigenvalue weighted by Gasteiger charge is 2.07. The van der Waals surface area contributed by atoms with Crippen LogP contribution in [0.15, 0.2) is 5.03 Å². The van der Waals surface area contributed by atoms with Crippen LogP contribution in [0.2, 0.25) is 0 Å². The van der Waals surface area contributed by atoms with E-state index in [2.05, 4.69) is 16.9 Å². The van der Waals surface area contributed by atoms with Gasteiger partial charge in [-0.25, -0.2) is 9.97 Å². The number of thioether (sulfide) groups is 1. The Morgan fingerprint density at radius 2 is 2.00 bits per heavy atom. The number of hydrogen-bond donors (Lipinski definition) is 1. The highest BCUT2D eigenvalue weighted by molar-refractivity contribution is 7.99. The van der Waals surface area contributed by atoms with E-state index in [1.165, 1.54) is 0 Å². The van der Waals surface area contributed by atoms with Gasteiger partial charge in [0.25, 0.3) is 0 Å². The minimum Gasteiger partial charge on any atom is -0.383 e. The summed E-state index contributed by atoms with van der Waals surface area (Å²) < 4.78 is 0. The van der Waals surface area contributed by atoms with Gasteiger partial charge in [-0.3, -0.25) is 0 Å². The highest BCUT2D eigenvalue weighted by Crippen LogP contribution is 2.23. The molecule has 1 aromatic heterocycles. The molecule has 3 nitrogen and oxygen atoms in total. The number of aryl methyl sites for hydroxylation is 1. The fourth-order valence-electron chi connectivity index (χ4n) is 1.06. The number of nitrogens with zero attached hydrogens (tertiary/aromatic N) is 2. The third-order valence-corrected chi connectivity index (χ3v) is 3.23. The zero-order valence-electron chi connectivity index (χ0n) is 9.00. The molecule has 14 heavy (non-hydrogen) atoms. The molecule has 1 aromatic rings. The van der Waals surface area contributed by atoms with Crippen molar-refractivity contribution in [2.75, 3.05) is 11.5 Å². The molecule has 0 aliphatic heterocycles. The van der Waals surface area contributed by atoms with Crippen LogP contribution in [-0.4, -0.2) is 15.7 Å². The summed E-state index contributed by atoms with van der Waals surface area (Å²) in [5.41, 5.74) is 6.82. The van der Waals surface area contributed by atoms with Crippen LogP contribution in [0, 0.1) is 6.92 Å². The summed E-state index contributed by atoms with van der Waals surface area (Å²) in [4.78, 5) is 8.67. The van der Waals surface area contributed by atoms with Crippen LogP contribution in [-0.2, 0) is 6.42 Å². The molecule has 0 aliphatic rings. The van der Waals surface area contributed by atoms with Crippen LogP contribution >= 0.6 is 11.8 Å². The van der Waals surface area contributed by atoms with E-state index in [0.29, 0.717) is 5.82 Å². The molecule has 1 rings (SSSR count). The van der Waals surface area contributed by atoms with Crippen LogP contribution in [0.5, 0.6) is 0 Å². The topological polar surface area (TPSA) is 51.8 Å². The monoisotopic (exact) mass is 211 g/mol. The zero-order chi connectivity index (χ0) is 10.6. The first-order chi connectivity index (χ1) is 6.69. The number of rotatable bonds is 4. The summed E-state index contributed by atoms with van der Waals surface area (Å²) in [5.74, 6) is 2.54. The Hall–Kier alpha value is -0.770. The zero-order valence-corrected chi connectivity index (χ0v) is 9.82. The fraction of sp³-hybridized carbons (Fsp3) is 0.600. The van der Waals surface area contributed by atoms with Crippen LogP contribution in [0.3, 0.4) is 0 Å².